The van der Waals surface area contributed by atoms with Crippen LogP contribution in [0, 0.1) is 10.1 Å². The maximum atomic E-state index is 11.2. The Morgan fingerprint density at radius 1 is 1.63 bits per heavy atom. The van der Waals surface area contributed by atoms with Gasteiger partial charge in [-0.1, -0.05) is 0 Å². The highest BCUT2D eigenvalue weighted by Crippen LogP contribution is 2.26. The molecular weight excluding hydrogens is 256 g/mol. The van der Waals surface area contributed by atoms with Gasteiger partial charge < -0.3 is 14.6 Å². The van der Waals surface area contributed by atoms with E-state index >= 15 is 0 Å². The van der Waals surface area contributed by atoms with Gasteiger partial charge in [0.15, 0.2) is 0 Å². The second kappa shape index (κ2) is 6.34. The van der Waals surface area contributed by atoms with Crippen molar-refractivity contribution in [2.75, 3.05) is 13.7 Å². The van der Waals surface area contributed by atoms with Crippen LogP contribution in [0.1, 0.15) is 12.5 Å². The highest BCUT2D eigenvalue weighted by Gasteiger charge is 2.16. The quantitative estimate of drug-likeness (QED) is 0.283. The average Bonchev–Trinajstić information content (AvgIpc) is 2.37. The topological polar surface area (TPSA) is 112 Å². The number of pyridine rings is 1. The molecule has 0 bridgehead atoms. The molecule has 0 spiro atoms. The van der Waals surface area contributed by atoms with Gasteiger partial charge in [-0.15, -0.1) is 0 Å². The van der Waals surface area contributed by atoms with Gasteiger partial charge in [-0.25, -0.2) is 9.78 Å². The number of aliphatic hydroxyl groups is 1. The van der Waals surface area contributed by atoms with E-state index in [1.165, 1.54) is 7.11 Å². The molecule has 8 nitrogen and oxygen atoms in total. The molecule has 0 aliphatic carbocycles. The maximum absolute atomic E-state index is 11.2. The number of carbonyl (C=O) groups excluding carboxylic acids is 1. The summed E-state index contributed by atoms with van der Waals surface area (Å²) in [6.45, 7) is 1.76. The fourth-order valence-electron chi connectivity index (χ4n) is 1.26. The summed E-state index contributed by atoms with van der Waals surface area (Å²) >= 11 is 0. The van der Waals surface area contributed by atoms with Gasteiger partial charge in [0.2, 0.25) is 5.88 Å². The molecule has 1 heterocycles. The highest BCUT2D eigenvalue weighted by atomic mass is 16.6. The van der Waals surface area contributed by atoms with Crippen LogP contribution < -0.4 is 4.74 Å². The van der Waals surface area contributed by atoms with Gasteiger partial charge in [-0.05, 0) is 6.92 Å². The molecule has 1 aromatic rings. The van der Waals surface area contributed by atoms with E-state index in [2.05, 4.69) is 9.72 Å². The van der Waals surface area contributed by atoms with Crippen molar-refractivity contribution in [1.82, 2.24) is 4.98 Å². The van der Waals surface area contributed by atoms with Gasteiger partial charge in [0.1, 0.15) is 12.0 Å². The van der Waals surface area contributed by atoms with Crippen LogP contribution in [-0.2, 0) is 9.53 Å². The first-order chi connectivity index (χ1) is 8.99. The predicted molar refractivity (Wildman–Crippen MR) is 64.7 cm³/mol. The van der Waals surface area contributed by atoms with Crippen molar-refractivity contribution in [3.63, 3.8) is 0 Å². The Kier molecular flexibility index (Phi) is 4.81. The molecule has 0 aliphatic rings. The Labute approximate surface area is 108 Å². The van der Waals surface area contributed by atoms with Crippen LogP contribution in [0.15, 0.2) is 18.3 Å². The molecule has 1 N–H and O–H groups in total. The van der Waals surface area contributed by atoms with E-state index in [-0.39, 0.29) is 23.7 Å². The van der Waals surface area contributed by atoms with E-state index in [9.17, 15) is 20.0 Å². The molecule has 0 radical (unpaired) electrons. The van der Waals surface area contributed by atoms with Crippen LogP contribution in [0.2, 0.25) is 0 Å². The van der Waals surface area contributed by atoms with Crippen molar-refractivity contribution < 1.29 is 24.3 Å². The minimum absolute atomic E-state index is 0.0383. The molecule has 1 aromatic heterocycles. The second-order valence-corrected chi connectivity index (χ2v) is 3.29. The van der Waals surface area contributed by atoms with Crippen molar-refractivity contribution in [3.8, 4) is 5.88 Å². The Balaban J connectivity index is 3.19. The summed E-state index contributed by atoms with van der Waals surface area (Å²) in [5.74, 6) is -1.33. The third kappa shape index (κ3) is 3.66. The molecule has 0 saturated carbocycles. The van der Waals surface area contributed by atoms with E-state index in [1.54, 1.807) is 6.92 Å². The van der Waals surface area contributed by atoms with E-state index < -0.39 is 16.7 Å². The minimum Gasteiger partial charge on any atom is -0.507 e. The largest absolute Gasteiger partial charge is 0.507 e. The predicted octanol–water partition coefficient (Wildman–Crippen LogP) is 1.46. The molecule has 0 amide bonds. The number of hydrogen-bond acceptors (Lipinski definition) is 7. The van der Waals surface area contributed by atoms with Gasteiger partial charge in [-0.2, -0.15) is 0 Å². The van der Waals surface area contributed by atoms with Crippen molar-refractivity contribution in [2.24, 2.45) is 0 Å². The fraction of sp³-hybridized carbons (Fsp3) is 0.273. The summed E-state index contributed by atoms with van der Waals surface area (Å²) in [5.41, 5.74) is -0.399. The summed E-state index contributed by atoms with van der Waals surface area (Å²) in [5, 5.41) is 20.4. The summed E-state index contributed by atoms with van der Waals surface area (Å²) < 4.78 is 9.47. The Bertz CT molecular complexity index is 526. The number of nitrogens with zero attached hydrogens (tertiary/aromatic N) is 2. The van der Waals surface area contributed by atoms with Crippen LogP contribution in [0.25, 0.3) is 5.76 Å². The number of esters is 1. The maximum Gasteiger partial charge on any atom is 0.334 e. The number of methoxy groups -OCH3 is 1. The molecule has 0 saturated heterocycles. The van der Waals surface area contributed by atoms with Crippen LogP contribution >= 0.6 is 0 Å². The third-order valence-corrected chi connectivity index (χ3v) is 2.06. The monoisotopic (exact) mass is 268 g/mol. The van der Waals surface area contributed by atoms with E-state index in [0.29, 0.717) is 0 Å². The zero-order valence-electron chi connectivity index (χ0n) is 10.3. The normalized spacial score (nSPS) is 10.9. The zero-order chi connectivity index (χ0) is 14.4. The number of aromatic nitrogens is 1. The Morgan fingerprint density at radius 2 is 2.32 bits per heavy atom. The summed E-state index contributed by atoms with van der Waals surface area (Å²) in [6.07, 6.45) is 1.78. The number of ether oxygens (including phenoxy) is 2. The summed E-state index contributed by atoms with van der Waals surface area (Å²) in [4.78, 5) is 24.8. The molecule has 19 heavy (non-hydrogen) atoms. The third-order valence-electron chi connectivity index (χ3n) is 2.06. The Morgan fingerprint density at radius 3 is 2.84 bits per heavy atom. The molecule has 0 atom stereocenters. The van der Waals surface area contributed by atoms with Gasteiger partial charge in [0.25, 0.3) is 5.69 Å². The van der Waals surface area contributed by atoms with Crippen molar-refractivity contribution in [1.29, 1.82) is 0 Å². The average molecular weight is 268 g/mol. The first-order valence-corrected chi connectivity index (χ1v) is 5.25. The van der Waals surface area contributed by atoms with E-state index in [1.807, 2.05) is 0 Å². The minimum atomic E-state index is -0.770. The lowest BCUT2D eigenvalue weighted by atomic mass is 10.2. The lowest BCUT2D eigenvalue weighted by Crippen LogP contribution is -2.03. The number of carbonyl (C=O) groups is 1. The van der Waals surface area contributed by atoms with Crippen LogP contribution in [0.5, 0.6) is 5.88 Å². The van der Waals surface area contributed by atoms with Gasteiger partial charge in [0, 0.05) is 6.07 Å². The molecule has 102 valence electrons. The molecule has 0 aromatic carbocycles. The highest BCUT2D eigenvalue weighted by molar-refractivity contribution is 5.90. The first-order valence-electron chi connectivity index (χ1n) is 5.25. The smallest absolute Gasteiger partial charge is 0.334 e. The molecule has 8 heteroatoms. The number of aliphatic hydroxyl groups excluding tert-OH is 1. The van der Waals surface area contributed by atoms with Crippen molar-refractivity contribution in [3.05, 3.63) is 34.0 Å². The van der Waals surface area contributed by atoms with E-state index in [0.717, 1.165) is 18.3 Å². The molecular formula is C11H12N2O6. The number of rotatable bonds is 5. The van der Waals surface area contributed by atoms with E-state index in [4.69, 9.17) is 4.74 Å². The van der Waals surface area contributed by atoms with Crippen LogP contribution in [0.4, 0.5) is 5.69 Å². The molecule has 1 rings (SSSR count). The number of nitro groups is 1. The molecule has 0 unspecified atom stereocenters. The van der Waals surface area contributed by atoms with Gasteiger partial charge >= 0.3 is 5.97 Å². The van der Waals surface area contributed by atoms with Gasteiger partial charge in [0.05, 0.1) is 30.3 Å². The Hall–Kier alpha value is -2.64. The standard InChI is InChI=1S/C11H12N2O6/c1-3-19-10(15)5-9(14)8-4-7(13(16)17)6-12-11(8)18-2/h4-6,14H,3H2,1-2H3/b9-5-. The fourth-order valence-corrected chi connectivity index (χ4v) is 1.26. The second-order valence-electron chi connectivity index (χ2n) is 3.29. The lowest BCUT2D eigenvalue weighted by Gasteiger charge is -2.06. The zero-order valence-corrected chi connectivity index (χ0v) is 10.3. The molecule has 0 aliphatic heterocycles. The summed E-state index contributed by atoms with van der Waals surface area (Å²) in [7, 11) is 1.29. The van der Waals surface area contributed by atoms with Crippen molar-refractivity contribution in [2.45, 2.75) is 6.92 Å². The first kappa shape index (κ1) is 14.4. The lowest BCUT2D eigenvalue weighted by molar-refractivity contribution is -0.385. The van der Waals surface area contributed by atoms with Gasteiger partial charge in [-0.3, -0.25) is 10.1 Å². The molecule has 0 fully saturated rings. The SMILES string of the molecule is CCOC(=O)/C=C(\O)c1cc([N+](=O)[O-])cnc1OC. The van der Waals surface area contributed by atoms with Crippen molar-refractivity contribution >= 4 is 17.4 Å². The van der Waals surface area contributed by atoms with Crippen LogP contribution in [-0.4, -0.2) is 34.7 Å². The summed E-state index contributed by atoms with van der Waals surface area (Å²) in [6, 6.07) is 1.05. The number of hydrogen-bond donors (Lipinski definition) is 1. The van der Waals surface area contributed by atoms with Crippen LogP contribution in [0.3, 0.4) is 0 Å².